The van der Waals surface area contributed by atoms with Crippen molar-refractivity contribution >= 4 is 11.6 Å². The largest absolute Gasteiger partial charge is 0.381 e. The molecule has 3 heterocycles. The molecule has 118 valence electrons. The normalized spacial score (nSPS) is 32.6. The highest BCUT2D eigenvalue weighted by molar-refractivity contribution is 6.06. The van der Waals surface area contributed by atoms with E-state index in [1.807, 2.05) is 0 Å². The van der Waals surface area contributed by atoms with Crippen LogP contribution in [0.4, 0.5) is 0 Å². The lowest BCUT2D eigenvalue weighted by atomic mass is 9.92. The summed E-state index contributed by atoms with van der Waals surface area (Å²) in [5, 5.41) is 6.41. The predicted molar refractivity (Wildman–Crippen MR) is 80.1 cm³/mol. The zero-order valence-electron chi connectivity index (χ0n) is 13.5. The Morgan fingerprint density at radius 2 is 1.86 bits per heavy atom. The molecule has 3 aliphatic rings. The van der Waals surface area contributed by atoms with Gasteiger partial charge in [0.2, 0.25) is 5.91 Å². The number of ether oxygens (including phenoxy) is 2. The van der Waals surface area contributed by atoms with Gasteiger partial charge in [0, 0.05) is 25.6 Å². The molecule has 1 unspecified atom stereocenters. The molecule has 1 atom stereocenters. The second-order valence-electron chi connectivity index (χ2n) is 7.58. The number of hydrogen-bond acceptors (Lipinski definition) is 4. The van der Waals surface area contributed by atoms with E-state index < -0.39 is 0 Å². The highest BCUT2D eigenvalue weighted by Crippen LogP contribution is 2.41. The standard InChI is InChI=1S/C16H26N2O3/c1-15(2)10-13(16(3,4)21-15)18-14(19)9-12(17-18)11-5-7-20-8-6-11/h11,13H,5-10H2,1-4H3. The first-order chi connectivity index (χ1) is 9.78. The summed E-state index contributed by atoms with van der Waals surface area (Å²) in [6.07, 6.45) is 3.26. The first-order valence-corrected chi connectivity index (χ1v) is 7.96. The molecule has 0 radical (unpaired) electrons. The Hall–Kier alpha value is -0.940. The molecule has 0 N–H and O–H groups in total. The molecule has 0 bridgehead atoms. The third kappa shape index (κ3) is 2.86. The summed E-state index contributed by atoms with van der Waals surface area (Å²) in [5.74, 6) is 0.530. The number of carbonyl (C=O) groups is 1. The summed E-state index contributed by atoms with van der Waals surface area (Å²) in [5.41, 5.74) is 0.489. The van der Waals surface area contributed by atoms with Crippen LogP contribution in [-0.2, 0) is 14.3 Å². The average Bonchev–Trinajstić information content (AvgIpc) is 2.87. The highest BCUT2D eigenvalue weighted by atomic mass is 16.5. The molecule has 3 aliphatic heterocycles. The van der Waals surface area contributed by atoms with Gasteiger partial charge in [-0.3, -0.25) is 4.79 Å². The second-order valence-corrected chi connectivity index (χ2v) is 7.58. The van der Waals surface area contributed by atoms with E-state index in [0.717, 1.165) is 38.2 Å². The number of hydrogen-bond donors (Lipinski definition) is 0. The first kappa shape index (κ1) is 15.0. The van der Waals surface area contributed by atoms with E-state index in [4.69, 9.17) is 14.6 Å². The van der Waals surface area contributed by atoms with Crippen LogP contribution in [0.2, 0.25) is 0 Å². The number of amides is 1. The maximum absolute atomic E-state index is 12.4. The van der Waals surface area contributed by atoms with Gasteiger partial charge in [-0.05, 0) is 40.5 Å². The van der Waals surface area contributed by atoms with Crippen molar-refractivity contribution in [2.24, 2.45) is 11.0 Å². The maximum atomic E-state index is 12.4. The molecule has 21 heavy (non-hydrogen) atoms. The van der Waals surface area contributed by atoms with Crippen molar-refractivity contribution in [2.45, 2.75) is 70.6 Å². The third-order valence-corrected chi connectivity index (χ3v) is 4.84. The zero-order valence-corrected chi connectivity index (χ0v) is 13.5. The van der Waals surface area contributed by atoms with Crippen LogP contribution in [-0.4, -0.2) is 47.1 Å². The second kappa shape index (κ2) is 5.06. The Labute approximate surface area is 126 Å². The fraction of sp³-hybridized carbons (Fsp3) is 0.875. The molecule has 5 nitrogen and oxygen atoms in total. The Bertz CT molecular complexity index is 464. The minimum atomic E-state index is -0.353. The van der Waals surface area contributed by atoms with E-state index in [1.165, 1.54) is 0 Å². The van der Waals surface area contributed by atoms with Crippen molar-refractivity contribution in [1.29, 1.82) is 0 Å². The highest BCUT2D eigenvalue weighted by Gasteiger charge is 2.51. The molecule has 0 aromatic carbocycles. The van der Waals surface area contributed by atoms with Gasteiger partial charge in [0.25, 0.3) is 0 Å². The van der Waals surface area contributed by atoms with Gasteiger partial charge >= 0.3 is 0 Å². The molecular formula is C16H26N2O3. The van der Waals surface area contributed by atoms with Gasteiger partial charge in [-0.2, -0.15) is 5.10 Å². The molecule has 0 spiro atoms. The lowest BCUT2D eigenvalue weighted by Gasteiger charge is -2.31. The number of carbonyl (C=O) groups excluding carboxylic acids is 1. The van der Waals surface area contributed by atoms with Gasteiger partial charge in [-0.25, -0.2) is 5.01 Å². The monoisotopic (exact) mass is 294 g/mol. The van der Waals surface area contributed by atoms with E-state index in [1.54, 1.807) is 5.01 Å². The van der Waals surface area contributed by atoms with Gasteiger partial charge in [0.05, 0.1) is 29.4 Å². The molecule has 2 saturated heterocycles. The fourth-order valence-electron chi connectivity index (χ4n) is 3.88. The van der Waals surface area contributed by atoms with Crippen molar-refractivity contribution in [2.75, 3.05) is 13.2 Å². The van der Waals surface area contributed by atoms with Crippen LogP contribution in [0.1, 0.15) is 53.4 Å². The molecule has 0 aromatic heterocycles. The third-order valence-electron chi connectivity index (χ3n) is 4.84. The Balaban J connectivity index is 1.79. The summed E-state index contributed by atoms with van der Waals surface area (Å²) in [4.78, 5) is 12.4. The summed E-state index contributed by atoms with van der Waals surface area (Å²) in [6.45, 7) is 9.84. The van der Waals surface area contributed by atoms with Crippen LogP contribution in [0.3, 0.4) is 0 Å². The van der Waals surface area contributed by atoms with Crippen molar-refractivity contribution in [3.05, 3.63) is 0 Å². The molecule has 5 heteroatoms. The molecule has 0 aromatic rings. The van der Waals surface area contributed by atoms with Crippen LogP contribution < -0.4 is 0 Å². The zero-order chi connectivity index (χ0) is 15.3. The topological polar surface area (TPSA) is 51.1 Å². The summed E-state index contributed by atoms with van der Waals surface area (Å²) >= 11 is 0. The van der Waals surface area contributed by atoms with E-state index in [2.05, 4.69) is 27.7 Å². The summed E-state index contributed by atoms with van der Waals surface area (Å²) in [7, 11) is 0. The van der Waals surface area contributed by atoms with Crippen molar-refractivity contribution in [3.63, 3.8) is 0 Å². The maximum Gasteiger partial charge on any atom is 0.248 e. The lowest BCUT2D eigenvalue weighted by molar-refractivity contribution is -0.135. The molecule has 3 rings (SSSR count). The quantitative estimate of drug-likeness (QED) is 0.785. The Morgan fingerprint density at radius 3 is 2.43 bits per heavy atom. The Morgan fingerprint density at radius 1 is 1.19 bits per heavy atom. The number of nitrogens with zero attached hydrogens (tertiary/aromatic N) is 2. The van der Waals surface area contributed by atoms with E-state index in [0.29, 0.717) is 12.3 Å². The van der Waals surface area contributed by atoms with Gasteiger partial charge in [0.15, 0.2) is 0 Å². The smallest absolute Gasteiger partial charge is 0.248 e. The SMILES string of the molecule is CC1(C)CC(N2N=C(C3CCOCC3)CC2=O)C(C)(C)O1. The molecular weight excluding hydrogens is 268 g/mol. The minimum Gasteiger partial charge on any atom is -0.381 e. The number of rotatable bonds is 2. The van der Waals surface area contributed by atoms with Crippen LogP contribution in [0.5, 0.6) is 0 Å². The molecule has 0 saturated carbocycles. The summed E-state index contributed by atoms with van der Waals surface area (Å²) < 4.78 is 11.5. The summed E-state index contributed by atoms with van der Waals surface area (Å²) in [6, 6.07) is 0.0253. The van der Waals surface area contributed by atoms with Crippen LogP contribution in [0.15, 0.2) is 5.10 Å². The predicted octanol–water partition coefficient (Wildman–Crippen LogP) is 2.35. The number of hydrazone groups is 1. The van der Waals surface area contributed by atoms with E-state index in [-0.39, 0.29) is 23.2 Å². The average molecular weight is 294 g/mol. The first-order valence-electron chi connectivity index (χ1n) is 7.96. The van der Waals surface area contributed by atoms with Crippen LogP contribution in [0, 0.1) is 5.92 Å². The van der Waals surface area contributed by atoms with Gasteiger partial charge in [-0.1, -0.05) is 0 Å². The van der Waals surface area contributed by atoms with Crippen LogP contribution in [0.25, 0.3) is 0 Å². The minimum absolute atomic E-state index is 0.0253. The van der Waals surface area contributed by atoms with E-state index in [9.17, 15) is 4.79 Å². The fourth-order valence-corrected chi connectivity index (χ4v) is 3.88. The lowest BCUT2D eigenvalue weighted by Crippen LogP contribution is -2.45. The van der Waals surface area contributed by atoms with Crippen LogP contribution >= 0.6 is 0 Å². The van der Waals surface area contributed by atoms with Gasteiger partial charge in [-0.15, -0.1) is 0 Å². The Kier molecular flexibility index (Phi) is 3.61. The van der Waals surface area contributed by atoms with Gasteiger partial charge in [0.1, 0.15) is 0 Å². The van der Waals surface area contributed by atoms with Crippen molar-refractivity contribution < 1.29 is 14.3 Å². The van der Waals surface area contributed by atoms with Crippen molar-refractivity contribution in [1.82, 2.24) is 5.01 Å². The van der Waals surface area contributed by atoms with Gasteiger partial charge < -0.3 is 9.47 Å². The van der Waals surface area contributed by atoms with E-state index >= 15 is 0 Å². The molecule has 0 aliphatic carbocycles. The van der Waals surface area contributed by atoms with Crippen molar-refractivity contribution in [3.8, 4) is 0 Å². The molecule has 2 fully saturated rings. The molecule has 1 amide bonds.